The van der Waals surface area contributed by atoms with Gasteiger partial charge in [-0.3, -0.25) is 4.79 Å². The minimum absolute atomic E-state index is 0.113. The number of anilines is 1. The average molecular weight is 267 g/mol. The van der Waals surface area contributed by atoms with Crippen LogP contribution in [0.1, 0.15) is 27.7 Å². The van der Waals surface area contributed by atoms with Crippen LogP contribution in [-0.2, 0) is 6.54 Å². The van der Waals surface area contributed by atoms with Gasteiger partial charge in [-0.15, -0.1) is 0 Å². The van der Waals surface area contributed by atoms with Crippen molar-refractivity contribution < 1.29 is 9.21 Å². The largest absolute Gasteiger partial charge is 0.444 e. The van der Waals surface area contributed by atoms with Crippen molar-refractivity contribution in [1.82, 2.24) is 15.0 Å². The first kappa shape index (κ1) is 12.5. The molecule has 0 radical (unpaired) electrons. The number of nitrogens with one attached hydrogen (secondary N) is 1. The van der Waals surface area contributed by atoms with Crippen molar-refractivity contribution in [2.24, 2.45) is 0 Å². The number of carbonyl (C=O) groups is 1. The van der Waals surface area contributed by atoms with Gasteiger partial charge in [0.05, 0.1) is 17.8 Å². The van der Waals surface area contributed by atoms with Gasteiger partial charge >= 0.3 is 0 Å². The molecule has 2 rings (SSSR count). The highest BCUT2D eigenvalue weighted by atomic mass is 35.5. The van der Waals surface area contributed by atoms with E-state index in [4.69, 9.17) is 16.0 Å². The van der Waals surface area contributed by atoms with Crippen LogP contribution in [0, 0.1) is 13.8 Å². The normalized spacial score (nSPS) is 10.4. The molecule has 0 aliphatic carbocycles. The lowest BCUT2D eigenvalue weighted by atomic mass is 10.3. The van der Waals surface area contributed by atoms with Gasteiger partial charge in [-0.2, -0.15) is 0 Å². The van der Waals surface area contributed by atoms with Gasteiger partial charge in [0, 0.05) is 0 Å². The van der Waals surface area contributed by atoms with E-state index in [1.54, 1.807) is 0 Å². The zero-order valence-corrected chi connectivity index (χ0v) is 10.7. The van der Waals surface area contributed by atoms with E-state index in [0.717, 1.165) is 11.5 Å². The Hall–Kier alpha value is -1.95. The Labute approximate surface area is 108 Å². The fourth-order valence-electron chi connectivity index (χ4n) is 1.39. The first-order valence-corrected chi connectivity index (χ1v) is 5.62. The van der Waals surface area contributed by atoms with Crippen molar-refractivity contribution in [3.05, 3.63) is 34.4 Å². The molecular weight excluding hydrogens is 256 g/mol. The third-order valence-corrected chi connectivity index (χ3v) is 2.73. The fraction of sp³-hybridized carbons (Fsp3) is 0.273. The van der Waals surface area contributed by atoms with E-state index in [-0.39, 0.29) is 10.7 Å². The van der Waals surface area contributed by atoms with Crippen LogP contribution in [0.25, 0.3) is 0 Å². The minimum atomic E-state index is 0.113. The lowest BCUT2D eigenvalue weighted by Crippen LogP contribution is -2.05. The van der Waals surface area contributed by atoms with Crippen molar-refractivity contribution in [1.29, 1.82) is 0 Å². The SMILES string of the molecule is Cc1nc(CNc2ncnc(Cl)c2C=O)oc1C. The first-order valence-electron chi connectivity index (χ1n) is 5.24. The van der Waals surface area contributed by atoms with E-state index in [1.165, 1.54) is 6.33 Å². The molecule has 0 fully saturated rings. The molecule has 1 N–H and O–H groups in total. The standard InChI is InChI=1S/C11H11ClN4O2/c1-6-7(2)18-9(16-6)3-13-11-8(4-17)10(12)14-5-15-11/h4-5H,3H2,1-2H3,(H,13,14,15). The van der Waals surface area contributed by atoms with Crippen LogP contribution in [0.5, 0.6) is 0 Å². The maximum absolute atomic E-state index is 10.9. The lowest BCUT2D eigenvalue weighted by Gasteiger charge is -2.05. The molecule has 0 amide bonds. The summed E-state index contributed by atoms with van der Waals surface area (Å²) in [6.45, 7) is 4.02. The molecule has 0 saturated heterocycles. The Kier molecular flexibility index (Phi) is 3.57. The van der Waals surface area contributed by atoms with E-state index in [1.807, 2.05) is 13.8 Å². The summed E-state index contributed by atoms with van der Waals surface area (Å²) in [6, 6.07) is 0. The monoisotopic (exact) mass is 266 g/mol. The topological polar surface area (TPSA) is 80.9 Å². The molecule has 2 heterocycles. The summed E-state index contributed by atoms with van der Waals surface area (Å²) >= 11 is 5.78. The van der Waals surface area contributed by atoms with E-state index >= 15 is 0 Å². The Morgan fingerprint density at radius 2 is 2.22 bits per heavy atom. The summed E-state index contributed by atoms with van der Waals surface area (Å²) in [5, 5.41) is 3.05. The van der Waals surface area contributed by atoms with Crippen LogP contribution in [0.3, 0.4) is 0 Å². The van der Waals surface area contributed by atoms with Gasteiger partial charge in [-0.25, -0.2) is 15.0 Å². The molecule has 0 bridgehead atoms. The number of oxazole rings is 1. The molecule has 2 aromatic heterocycles. The number of nitrogens with zero attached hydrogens (tertiary/aromatic N) is 3. The number of rotatable bonds is 4. The third kappa shape index (κ3) is 2.48. The first-order chi connectivity index (χ1) is 8.61. The minimum Gasteiger partial charge on any atom is -0.444 e. The lowest BCUT2D eigenvalue weighted by molar-refractivity contribution is 0.112. The zero-order valence-electron chi connectivity index (χ0n) is 9.90. The van der Waals surface area contributed by atoms with Crippen LogP contribution in [0.4, 0.5) is 5.82 Å². The highest BCUT2D eigenvalue weighted by Gasteiger charge is 2.10. The predicted molar refractivity (Wildman–Crippen MR) is 65.7 cm³/mol. The number of aromatic nitrogens is 3. The maximum Gasteiger partial charge on any atom is 0.213 e. The van der Waals surface area contributed by atoms with Gasteiger partial charge in [0.25, 0.3) is 0 Å². The highest BCUT2D eigenvalue weighted by Crippen LogP contribution is 2.18. The molecule has 18 heavy (non-hydrogen) atoms. The van der Waals surface area contributed by atoms with Crippen molar-refractivity contribution in [3.8, 4) is 0 Å². The van der Waals surface area contributed by atoms with Gasteiger partial charge in [-0.1, -0.05) is 11.6 Å². The Bertz CT molecular complexity index is 563. The summed E-state index contributed by atoms with van der Waals surface area (Å²) in [4.78, 5) is 22.8. The molecule has 0 saturated carbocycles. The van der Waals surface area contributed by atoms with Gasteiger partial charge < -0.3 is 9.73 Å². The number of hydrogen-bond donors (Lipinski definition) is 1. The van der Waals surface area contributed by atoms with Crippen molar-refractivity contribution in [2.75, 3.05) is 5.32 Å². The van der Waals surface area contributed by atoms with Gasteiger partial charge in [-0.05, 0) is 13.8 Å². The molecule has 0 aliphatic heterocycles. The smallest absolute Gasteiger partial charge is 0.213 e. The molecule has 0 aromatic carbocycles. The fourth-order valence-corrected chi connectivity index (χ4v) is 1.57. The number of aldehydes is 1. The Morgan fingerprint density at radius 3 is 2.83 bits per heavy atom. The van der Waals surface area contributed by atoms with Gasteiger partial charge in [0.2, 0.25) is 5.89 Å². The van der Waals surface area contributed by atoms with E-state index in [2.05, 4.69) is 20.3 Å². The molecular formula is C11H11ClN4O2. The summed E-state index contributed by atoms with van der Waals surface area (Å²) < 4.78 is 5.40. The molecule has 2 aromatic rings. The maximum atomic E-state index is 10.9. The van der Waals surface area contributed by atoms with E-state index in [0.29, 0.717) is 24.5 Å². The Morgan fingerprint density at radius 1 is 1.44 bits per heavy atom. The molecule has 0 aliphatic rings. The second-order valence-electron chi connectivity index (χ2n) is 3.65. The zero-order chi connectivity index (χ0) is 13.1. The second kappa shape index (κ2) is 5.14. The molecule has 0 unspecified atom stereocenters. The summed E-state index contributed by atoms with van der Waals surface area (Å²) in [6.07, 6.45) is 1.89. The number of halogens is 1. The number of carbonyl (C=O) groups excluding carboxylic acids is 1. The van der Waals surface area contributed by atoms with Crippen LogP contribution < -0.4 is 5.32 Å². The highest BCUT2D eigenvalue weighted by molar-refractivity contribution is 6.32. The van der Waals surface area contributed by atoms with Crippen LogP contribution in [-0.4, -0.2) is 21.2 Å². The number of hydrogen-bond acceptors (Lipinski definition) is 6. The molecule has 0 atom stereocenters. The van der Waals surface area contributed by atoms with E-state index < -0.39 is 0 Å². The van der Waals surface area contributed by atoms with Crippen molar-refractivity contribution in [3.63, 3.8) is 0 Å². The third-order valence-electron chi connectivity index (χ3n) is 2.43. The quantitative estimate of drug-likeness (QED) is 0.675. The van der Waals surface area contributed by atoms with Crippen molar-refractivity contribution >= 4 is 23.7 Å². The molecule has 0 spiro atoms. The van der Waals surface area contributed by atoms with Crippen molar-refractivity contribution in [2.45, 2.75) is 20.4 Å². The molecule has 6 nitrogen and oxygen atoms in total. The van der Waals surface area contributed by atoms with Gasteiger partial charge in [0.15, 0.2) is 6.29 Å². The van der Waals surface area contributed by atoms with Crippen LogP contribution in [0.15, 0.2) is 10.7 Å². The van der Waals surface area contributed by atoms with Gasteiger partial charge in [0.1, 0.15) is 23.1 Å². The average Bonchev–Trinajstić information content (AvgIpc) is 2.66. The molecule has 7 heteroatoms. The van der Waals surface area contributed by atoms with Crippen LogP contribution >= 0.6 is 11.6 Å². The predicted octanol–water partition coefficient (Wildman–Crippen LogP) is 2.16. The summed E-state index contributed by atoms with van der Waals surface area (Å²) in [5.74, 6) is 1.65. The summed E-state index contributed by atoms with van der Waals surface area (Å²) in [7, 11) is 0. The Balaban J connectivity index is 2.15. The van der Waals surface area contributed by atoms with E-state index in [9.17, 15) is 4.79 Å². The number of aryl methyl sites for hydroxylation is 2. The van der Waals surface area contributed by atoms with Crippen LogP contribution in [0.2, 0.25) is 5.15 Å². The summed E-state index contributed by atoms with van der Waals surface area (Å²) in [5.41, 5.74) is 1.06. The molecule has 94 valence electrons. The second-order valence-corrected chi connectivity index (χ2v) is 4.01.